The molecule has 1 aliphatic rings. The summed E-state index contributed by atoms with van der Waals surface area (Å²) in [5.41, 5.74) is 2.76. The maximum atomic E-state index is 13.0. The standard InChI is InChI=1S/C17H24FN/c1-2-12-19-17(13-14-6-4-3-5-7-14)15-8-10-16(18)11-9-15/h6,8-11,17,19H,2-5,7,12-13H2,1H3. The van der Waals surface area contributed by atoms with E-state index >= 15 is 0 Å². The van der Waals surface area contributed by atoms with Gasteiger partial charge >= 0.3 is 0 Å². The molecule has 0 bridgehead atoms. The summed E-state index contributed by atoms with van der Waals surface area (Å²) in [6.07, 6.45) is 9.67. The van der Waals surface area contributed by atoms with Gasteiger partial charge in [-0.3, -0.25) is 0 Å². The number of halogens is 1. The Hall–Kier alpha value is -1.15. The summed E-state index contributed by atoms with van der Waals surface area (Å²) >= 11 is 0. The van der Waals surface area contributed by atoms with Crippen LogP contribution in [0.15, 0.2) is 35.9 Å². The number of allylic oxidation sites excluding steroid dienone is 1. The van der Waals surface area contributed by atoms with Crippen LogP contribution < -0.4 is 5.32 Å². The third kappa shape index (κ3) is 4.46. The van der Waals surface area contributed by atoms with E-state index in [1.807, 2.05) is 12.1 Å². The van der Waals surface area contributed by atoms with Crippen molar-refractivity contribution in [1.82, 2.24) is 5.32 Å². The van der Waals surface area contributed by atoms with Crippen LogP contribution in [-0.2, 0) is 0 Å². The van der Waals surface area contributed by atoms with E-state index in [9.17, 15) is 4.39 Å². The molecule has 0 saturated heterocycles. The zero-order valence-electron chi connectivity index (χ0n) is 11.8. The summed E-state index contributed by atoms with van der Waals surface area (Å²) in [7, 11) is 0. The maximum Gasteiger partial charge on any atom is 0.123 e. The molecule has 0 fully saturated rings. The number of rotatable bonds is 6. The molecule has 19 heavy (non-hydrogen) atoms. The highest BCUT2D eigenvalue weighted by Crippen LogP contribution is 2.27. The van der Waals surface area contributed by atoms with Gasteiger partial charge in [0.05, 0.1) is 0 Å². The van der Waals surface area contributed by atoms with Gasteiger partial charge in [0.1, 0.15) is 5.82 Å². The molecule has 2 heteroatoms. The fourth-order valence-corrected chi connectivity index (χ4v) is 2.67. The minimum absolute atomic E-state index is 0.158. The zero-order chi connectivity index (χ0) is 13.5. The fourth-order valence-electron chi connectivity index (χ4n) is 2.67. The molecule has 1 N–H and O–H groups in total. The quantitative estimate of drug-likeness (QED) is 0.728. The predicted molar refractivity (Wildman–Crippen MR) is 78.6 cm³/mol. The lowest BCUT2D eigenvalue weighted by molar-refractivity contribution is 0.510. The maximum absolute atomic E-state index is 13.0. The van der Waals surface area contributed by atoms with Crippen LogP contribution in [0.25, 0.3) is 0 Å². The topological polar surface area (TPSA) is 12.0 Å². The molecule has 0 heterocycles. The Kier molecular flexibility index (Phi) is 5.59. The fraction of sp³-hybridized carbons (Fsp3) is 0.529. The van der Waals surface area contributed by atoms with Crippen LogP contribution >= 0.6 is 0 Å². The molecule has 1 aliphatic carbocycles. The molecule has 104 valence electrons. The lowest BCUT2D eigenvalue weighted by Crippen LogP contribution is -2.23. The van der Waals surface area contributed by atoms with Gasteiger partial charge in [0.2, 0.25) is 0 Å². The monoisotopic (exact) mass is 261 g/mol. The van der Waals surface area contributed by atoms with Crippen molar-refractivity contribution in [3.8, 4) is 0 Å². The lowest BCUT2D eigenvalue weighted by Gasteiger charge is -2.22. The van der Waals surface area contributed by atoms with E-state index < -0.39 is 0 Å². The van der Waals surface area contributed by atoms with Crippen molar-refractivity contribution in [2.45, 2.75) is 51.5 Å². The van der Waals surface area contributed by atoms with Crippen LogP contribution in [0.4, 0.5) is 4.39 Å². The molecule has 1 atom stereocenters. The Balaban J connectivity index is 2.06. The molecule has 1 aromatic carbocycles. The van der Waals surface area contributed by atoms with E-state index in [1.54, 1.807) is 17.7 Å². The normalized spacial score (nSPS) is 17.1. The van der Waals surface area contributed by atoms with Gasteiger partial charge in [0, 0.05) is 6.04 Å². The highest BCUT2D eigenvalue weighted by Gasteiger charge is 2.14. The Morgan fingerprint density at radius 2 is 2.00 bits per heavy atom. The molecule has 0 aromatic heterocycles. The summed E-state index contributed by atoms with van der Waals surface area (Å²) < 4.78 is 13.0. The minimum atomic E-state index is -0.158. The third-order valence-corrected chi connectivity index (χ3v) is 3.76. The van der Waals surface area contributed by atoms with Crippen LogP contribution in [0.2, 0.25) is 0 Å². The predicted octanol–water partition coefficient (Wildman–Crippen LogP) is 4.76. The third-order valence-electron chi connectivity index (χ3n) is 3.76. The molecule has 0 radical (unpaired) electrons. The van der Waals surface area contributed by atoms with Crippen molar-refractivity contribution in [3.63, 3.8) is 0 Å². The van der Waals surface area contributed by atoms with E-state index in [0.717, 1.165) is 19.4 Å². The largest absolute Gasteiger partial charge is 0.310 e. The van der Waals surface area contributed by atoms with E-state index in [-0.39, 0.29) is 5.82 Å². The van der Waals surface area contributed by atoms with Crippen molar-refractivity contribution in [2.24, 2.45) is 0 Å². The molecule has 1 nitrogen and oxygen atoms in total. The first kappa shape index (κ1) is 14.3. The second kappa shape index (κ2) is 7.44. The highest BCUT2D eigenvalue weighted by molar-refractivity contribution is 5.22. The molecular weight excluding hydrogens is 237 g/mol. The Labute approximate surface area is 115 Å². The van der Waals surface area contributed by atoms with E-state index in [4.69, 9.17) is 0 Å². The van der Waals surface area contributed by atoms with Crippen LogP contribution in [0, 0.1) is 5.82 Å². The minimum Gasteiger partial charge on any atom is -0.310 e. The lowest BCUT2D eigenvalue weighted by atomic mass is 9.91. The van der Waals surface area contributed by atoms with Gasteiger partial charge in [0.25, 0.3) is 0 Å². The smallest absolute Gasteiger partial charge is 0.123 e. The van der Waals surface area contributed by atoms with Gasteiger partial charge in [-0.05, 0) is 62.8 Å². The van der Waals surface area contributed by atoms with Crippen molar-refractivity contribution < 1.29 is 4.39 Å². The summed E-state index contributed by atoms with van der Waals surface area (Å²) in [5.74, 6) is -0.158. The zero-order valence-corrected chi connectivity index (χ0v) is 11.8. The number of hydrogen-bond donors (Lipinski definition) is 1. The van der Waals surface area contributed by atoms with E-state index in [1.165, 1.54) is 31.2 Å². The van der Waals surface area contributed by atoms with Gasteiger partial charge in [-0.2, -0.15) is 0 Å². The SMILES string of the molecule is CCCNC(CC1=CCCCC1)c1ccc(F)cc1. The molecule has 0 saturated carbocycles. The highest BCUT2D eigenvalue weighted by atomic mass is 19.1. The summed E-state index contributed by atoms with van der Waals surface area (Å²) in [4.78, 5) is 0. The molecule has 1 unspecified atom stereocenters. The van der Waals surface area contributed by atoms with Crippen LogP contribution in [0.1, 0.15) is 57.1 Å². The number of benzene rings is 1. The molecule has 1 aromatic rings. The average molecular weight is 261 g/mol. The molecular formula is C17H24FN. The van der Waals surface area contributed by atoms with Crippen LogP contribution in [0.5, 0.6) is 0 Å². The van der Waals surface area contributed by atoms with Crippen molar-refractivity contribution in [2.75, 3.05) is 6.54 Å². The van der Waals surface area contributed by atoms with Crippen LogP contribution in [-0.4, -0.2) is 6.54 Å². The Morgan fingerprint density at radius 1 is 1.21 bits per heavy atom. The summed E-state index contributed by atoms with van der Waals surface area (Å²) in [6.45, 7) is 3.18. The number of nitrogens with one attached hydrogen (secondary N) is 1. The average Bonchev–Trinajstić information content (AvgIpc) is 2.45. The first-order valence-corrected chi connectivity index (χ1v) is 7.46. The van der Waals surface area contributed by atoms with Crippen molar-refractivity contribution in [1.29, 1.82) is 0 Å². The van der Waals surface area contributed by atoms with E-state index in [2.05, 4.69) is 18.3 Å². The van der Waals surface area contributed by atoms with Gasteiger partial charge in [-0.25, -0.2) is 4.39 Å². The van der Waals surface area contributed by atoms with Gasteiger partial charge in [-0.15, -0.1) is 0 Å². The second-order valence-corrected chi connectivity index (χ2v) is 5.37. The van der Waals surface area contributed by atoms with Crippen LogP contribution in [0.3, 0.4) is 0 Å². The summed E-state index contributed by atoms with van der Waals surface area (Å²) in [5, 5.41) is 3.59. The molecule has 0 spiro atoms. The first-order valence-electron chi connectivity index (χ1n) is 7.46. The first-order chi connectivity index (χ1) is 9.29. The summed E-state index contributed by atoms with van der Waals surface area (Å²) in [6, 6.07) is 7.26. The molecule has 0 amide bonds. The van der Waals surface area contributed by atoms with E-state index in [0.29, 0.717) is 6.04 Å². The molecule has 0 aliphatic heterocycles. The molecule has 2 rings (SSSR count). The Bertz CT molecular complexity index is 408. The number of hydrogen-bond acceptors (Lipinski definition) is 1. The van der Waals surface area contributed by atoms with Crippen molar-refractivity contribution >= 4 is 0 Å². The van der Waals surface area contributed by atoms with Gasteiger partial charge < -0.3 is 5.32 Å². The second-order valence-electron chi connectivity index (χ2n) is 5.37. The van der Waals surface area contributed by atoms with Gasteiger partial charge in [0.15, 0.2) is 0 Å². The van der Waals surface area contributed by atoms with Gasteiger partial charge in [-0.1, -0.05) is 30.7 Å². The Morgan fingerprint density at radius 3 is 2.63 bits per heavy atom. The van der Waals surface area contributed by atoms with Crippen molar-refractivity contribution in [3.05, 3.63) is 47.3 Å².